The first-order valence-electron chi connectivity index (χ1n) is 6.75. The molecular formula is C15H17N3O3. The highest BCUT2D eigenvalue weighted by Crippen LogP contribution is 2.33. The number of hydrogen-bond donors (Lipinski definition) is 3. The molecule has 0 radical (unpaired) electrons. The van der Waals surface area contributed by atoms with E-state index >= 15 is 0 Å². The van der Waals surface area contributed by atoms with Crippen molar-refractivity contribution < 1.29 is 15.0 Å². The normalized spacial score (nSPS) is 15.6. The lowest BCUT2D eigenvalue weighted by molar-refractivity contribution is -0.127. The lowest BCUT2D eigenvalue weighted by atomic mass is 10.1. The molecule has 0 aliphatic carbocycles. The van der Waals surface area contributed by atoms with Crippen LogP contribution in [-0.2, 0) is 4.79 Å². The molecule has 0 spiro atoms. The Morgan fingerprint density at radius 2 is 1.95 bits per heavy atom. The summed E-state index contributed by atoms with van der Waals surface area (Å²) in [6.07, 6.45) is 4.35. The van der Waals surface area contributed by atoms with Crippen molar-refractivity contribution in [3.8, 4) is 17.6 Å². The second kappa shape index (κ2) is 6.18. The minimum Gasteiger partial charge on any atom is -0.504 e. The van der Waals surface area contributed by atoms with Crippen LogP contribution in [0.15, 0.2) is 17.7 Å². The zero-order valence-corrected chi connectivity index (χ0v) is 11.5. The summed E-state index contributed by atoms with van der Waals surface area (Å²) in [7, 11) is 0. The summed E-state index contributed by atoms with van der Waals surface area (Å²) < 4.78 is 0. The van der Waals surface area contributed by atoms with E-state index in [1.807, 2.05) is 6.07 Å². The quantitative estimate of drug-likeness (QED) is 0.331. The molecule has 21 heavy (non-hydrogen) atoms. The van der Waals surface area contributed by atoms with Crippen molar-refractivity contribution in [3.63, 3.8) is 0 Å². The van der Waals surface area contributed by atoms with Gasteiger partial charge in [-0.05, 0) is 43.0 Å². The Balaban J connectivity index is 2.28. The number of phenolic OH excluding ortho intramolecular Hbond substituents is 2. The molecule has 1 saturated heterocycles. The van der Waals surface area contributed by atoms with Crippen LogP contribution in [0.1, 0.15) is 24.8 Å². The monoisotopic (exact) mass is 287 g/mol. The number of piperidine rings is 1. The maximum absolute atomic E-state index is 12.3. The molecule has 1 aromatic carbocycles. The molecule has 4 N–H and O–H groups in total. The van der Waals surface area contributed by atoms with E-state index in [1.54, 1.807) is 4.90 Å². The average Bonchev–Trinajstić information content (AvgIpc) is 2.50. The van der Waals surface area contributed by atoms with Gasteiger partial charge in [0.1, 0.15) is 11.6 Å². The summed E-state index contributed by atoms with van der Waals surface area (Å²) in [4.78, 5) is 13.9. The summed E-state index contributed by atoms with van der Waals surface area (Å²) in [5.41, 5.74) is 5.91. The van der Waals surface area contributed by atoms with Crippen LogP contribution in [0, 0.1) is 11.3 Å². The van der Waals surface area contributed by atoms with E-state index in [1.165, 1.54) is 18.2 Å². The Hall–Kier alpha value is -2.68. The van der Waals surface area contributed by atoms with Gasteiger partial charge in [0.05, 0.1) is 5.69 Å². The van der Waals surface area contributed by atoms with Gasteiger partial charge >= 0.3 is 0 Å². The number of carbonyl (C=O) groups excluding carboxylic acids is 1. The van der Waals surface area contributed by atoms with Crippen LogP contribution < -0.4 is 5.73 Å². The summed E-state index contributed by atoms with van der Waals surface area (Å²) in [6.45, 7) is 1.31. The van der Waals surface area contributed by atoms with E-state index in [0.29, 0.717) is 18.7 Å². The zero-order chi connectivity index (χ0) is 15.4. The fourth-order valence-corrected chi connectivity index (χ4v) is 2.32. The van der Waals surface area contributed by atoms with E-state index in [-0.39, 0.29) is 22.9 Å². The molecule has 0 saturated carbocycles. The molecule has 0 atom stereocenters. The molecule has 1 aromatic rings. The van der Waals surface area contributed by atoms with Gasteiger partial charge in [0.15, 0.2) is 11.5 Å². The highest BCUT2D eigenvalue weighted by atomic mass is 16.3. The van der Waals surface area contributed by atoms with Crippen LogP contribution in [0.25, 0.3) is 6.08 Å². The van der Waals surface area contributed by atoms with Crippen LogP contribution >= 0.6 is 0 Å². The number of anilines is 1. The van der Waals surface area contributed by atoms with Crippen molar-refractivity contribution in [2.24, 2.45) is 0 Å². The largest absolute Gasteiger partial charge is 0.504 e. The van der Waals surface area contributed by atoms with E-state index in [9.17, 15) is 20.3 Å². The molecule has 0 aromatic heterocycles. The van der Waals surface area contributed by atoms with Gasteiger partial charge in [0, 0.05) is 13.1 Å². The predicted molar refractivity (Wildman–Crippen MR) is 78.2 cm³/mol. The van der Waals surface area contributed by atoms with Crippen molar-refractivity contribution in [1.82, 2.24) is 4.90 Å². The summed E-state index contributed by atoms with van der Waals surface area (Å²) in [5.74, 6) is -1.11. The molecule has 1 aliphatic heterocycles. The van der Waals surface area contributed by atoms with Gasteiger partial charge in [0.25, 0.3) is 5.91 Å². The van der Waals surface area contributed by atoms with Crippen molar-refractivity contribution in [1.29, 1.82) is 5.26 Å². The average molecular weight is 287 g/mol. The predicted octanol–water partition coefficient (Wildman–Crippen LogP) is 1.60. The van der Waals surface area contributed by atoms with Crippen molar-refractivity contribution in [2.75, 3.05) is 18.8 Å². The van der Waals surface area contributed by atoms with Gasteiger partial charge in [-0.25, -0.2) is 0 Å². The molecule has 110 valence electrons. The van der Waals surface area contributed by atoms with E-state index < -0.39 is 5.75 Å². The van der Waals surface area contributed by atoms with Crippen molar-refractivity contribution >= 4 is 17.7 Å². The summed E-state index contributed by atoms with van der Waals surface area (Å²) in [6, 6.07) is 4.54. The number of nitriles is 1. The number of benzene rings is 1. The first-order valence-corrected chi connectivity index (χ1v) is 6.75. The number of nitrogens with zero attached hydrogens (tertiary/aromatic N) is 2. The number of likely N-dealkylation sites (tertiary alicyclic amines) is 1. The molecular weight excluding hydrogens is 270 g/mol. The van der Waals surface area contributed by atoms with E-state index in [0.717, 1.165) is 19.3 Å². The number of phenols is 2. The highest BCUT2D eigenvalue weighted by molar-refractivity contribution is 6.01. The minimum atomic E-state index is -0.409. The first-order chi connectivity index (χ1) is 10.0. The van der Waals surface area contributed by atoms with Gasteiger partial charge in [-0.1, -0.05) is 0 Å². The van der Waals surface area contributed by atoms with Crippen molar-refractivity contribution in [3.05, 3.63) is 23.3 Å². The Kier molecular flexibility index (Phi) is 4.33. The number of nitrogen functional groups attached to an aromatic ring is 1. The fraction of sp³-hybridized carbons (Fsp3) is 0.333. The van der Waals surface area contributed by atoms with Crippen LogP contribution in [0.2, 0.25) is 0 Å². The highest BCUT2D eigenvalue weighted by Gasteiger charge is 2.20. The standard InChI is InChI=1S/C15H17N3O3/c16-9-11(15(21)18-4-2-1-3-5-18)6-10-7-12(17)14(20)13(19)8-10/h6-8,19-20H,1-5,17H2/b11-6+. The third kappa shape index (κ3) is 3.26. The number of carbonyl (C=O) groups is 1. The summed E-state index contributed by atoms with van der Waals surface area (Å²) >= 11 is 0. The van der Waals surface area contributed by atoms with Crippen LogP contribution in [0.3, 0.4) is 0 Å². The Bertz CT molecular complexity index is 603. The van der Waals surface area contributed by atoms with Gasteiger partial charge in [-0.2, -0.15) is 5.26 Å². The van der Waals surface area contributed by atoms with Crippen molar-refractivity contribution in [2.45, 2.75) is 19.3 Å². The van der Waals surface area contributed by atoms with Gasteiger partial charge in [-0.3, -0.25) is 4.79 Å². The lowest BCUT2D eigenvalue weighted by Crippen LogP contribution is -2.36. The number of hydrogen-bond acceptors (Lipinski definition) is 5. The second-order valence-corrected chi connectivity index (χ2v) is 5.00. The van der Waals surface area contributed by atoms with Crippen LogP contribution in [-0.4, -0.2) is 34.1 Å². The number of nitrogens with two attached hydrogens (primary N) is 1. The molecule has 1 fully saturated rings. The Morgan fingerprint density at radius 1 is 1.29 bits per heavy atom. The second-order valence-electron chi connectivity index (χ2n) is 5.00. The zero-order valence-electron chi connectivity index (χ0n) is 11.5. The minimum absolute atomic E-state index is 0.0102. The Morgan fingerprint density at radius 3 is 2.52 bits per heavy atom. The molecule has 1 amide bonds. The first kappa shape index (κ1) is 14.7. The third-order valence-corrected chi connectivity index (χ3v) is 3.45. The van der Waals surface area contributed by atoms with Crippen LogP contribution in [0.4, 0.5) is 5.69 Å². The molecule has 6 heteroatoms. The fourth-order valence-electron chi connectivity index (χ4n) is 2.32. The molecule has 1 heterocycles. The summed E-state index contributed by atoms with van der Waals surface area (Å²) in [5, 5.41) is 28.1. The molecule has 0 bridgehead atoms. The van der Waals surface area contributed by atoms with Crippen LogP contribution in [0.5, 0.6) is 11.5 Å². The number of amides is 1. The third-order valence-electron chi connectivity index (χ3n) is 3.45. The molecule has 6 nitrogen and oxygen atoms in total. The van der Waals surface area contributed by atoms with Gasteiger partial charge < -0.3 is 20.8 Å². The molecule has 2 rings (SSSR count). The smallest absolute Gasteiger partial charge is 0.264 e. The lowest BCUT2D eigenvalue weighted by Gasteiger charge is -2.26. The maximum atomic E-state index is 12.3. The topological polar surface area (TPSA) is 111 Å². The number of aromatic hydroxyl groups is 2. The molecule has 0 unspecified atom stereocenters. The molecule has 1 aliphatic rings. The van der Waals surface area contributed by atoms with E-state index in [2.05, 4.69) is 0 Å². The number of rotatable bonds is 2. The maximum Gasteiger partial charge on any atom is 0.264 e. The van der Waals surface area contributed by atoms with Gasteiger partial charge in [0.2, 0.25) is 0 Å². The SMILES string of the molecule is N#C/C(=C\c1cc(N)c(O)c(O)c1)C(=O)N1CCCCC1. The van der Waals surface area contributed by atoms with E-state index in [4.69, 9.17) is 5.73 Å². The van der Waals surface area contributed by atoms with Gasteiger partial charge in [-0.15, -0.1) is 0 Å². The Labute approximate surface area is 122 Å².